The second kappa shape index (κ2) is 3.98. The summed E-state index contributed by atoms with van der Waals surface area (Å²) in [6.45, 7) is 4.00. The number of para-hydroxylation sites is 2. The maximum atomic E-state index is 12.9. The van der Waals surface area contributed by atoms with E-state index < -0.39 is 5.54 Å². The zero-order valence-corrected chi connectivity index (χ0v) is 12.0. The van der Waals surface area contributed by atoms with E-state index in [2.05, 4.69) is 16.4 Å². The van der Waals surface area contributed by atoms with Crippen LogP contribution in [0.2, 0.25) is 0 Å². The number of ketones is 1. The summed E-state index contributed by atoms with van der Waals surface area (Å²) >= 11 is 0. The zero-order chi connectivity index (χ0) is 14.6. The molecule has 4 rings (SSSR count). The van der Waals surface area contributed by atoms with Gasteiger partial charge in [-0.1, -0.05) is 30.3 Å². The fraction of sp³-hybridized carbons (Fsp3) is 0.167. The van der Waals surface area contributed by atoms with E-state index in [1.807, 2.05) is 56.3 Å². The van der Waals surface area contributed by atoms with Crippen LogP contribution in [0.15, 0.2) is 48.5 Å². The number of aryl methyl sites for hydroxylation is 1. The topological polar surface area (TPSA) is 44.9 Å². The highest BCUT2D eigenvalue weighted by atomic mass is 16.1. The average molecular weight is 276 g/mol. The Labute approximate surface area is 123 Å². The number of carbonyl (C=O) groups excluding carboxylic acids is 1. The molecule has 0 radical (unpaired) electrons. The lowest BCUT2D eigenvalue weighted by molar-refractivity contribution is 0.0929. The molecule has 0 unspecified atom stereocenters. The molecule has 0 saturated carbocycles. The summed E-state index contributed by atoms with van der Waals surface area (Å²) in [7, 11) is 0. The van der Waals surface area contributed by atoms with Crippen molar-refractivity contribution in [3.05, 3.63) is 65.4 Å². The van der Waals surface area contributed by atoms with Crippen molar-refractivity contribution in [3.63, 3.8) is 0 Å². The molecule has 1 aliphatic rings. The number of rotatable bonds is 1. The summed E-state index contributed by atoms with van der Waals surface area (Å²) in [5.41, 5.74) is 4.11. The molecule has 3 nitrogen and oxygen atoms in total. The third-order valence-electron chi connectivity index (χ3n) is 4.40. The van der Waals surface area contributed by atoms with E-state index in [1.54, 1.807) is 0 Å². The molecule has 1 aliphatic heterocycles. The third kappa shape index (κ3) is 1.51. The minimum absolute atomic E-state index is 0.131. The summed E-state index contributed by atoms with van der Waals surface area (Å²) in [5.74, 6) is 0.131. The third-order valence-corrected chi connectivity index (χ3v) is 4.40. The lowest BCUT2D eigenvalue weighted by Gasteiger charge is -2.24. The lowest BCUT2D eigenvalue weighted by atomic mass is 9.86. The van der Waals surface area contributed by atoms with E-state index in [9.17, 15) is 4.79 Å². The monoisotopic (exact) mass is 276 g/mol. The first-order chi connectivity index (χ1) is 10.1. The van der Waals surface area contributed by atoms with Crippen molar-refractivity contribution in [1.82, 2.24) is 4.98 Å². The first kappa shape index (κ1) is 12.2. The van der Waals surface area contributed by atoms with Gasteiger partial charge in [0.15, 0.2) is 5.78 Å². The molecule has 2 aromatic carbocycles. The number of carbonyl (C=O) groups is 1. The molecule has 0 aliphatic carbocycles. The van der Waals surface area contributed by atoms with E-state index >= 15 is 0 Å². The number of aromatic nitrogens is 1. The van der Waals surface area contributed by atoms with E-state index in [-0.39, 0.29) is 5.78 Å². The molecular weight excluding hydrogens is 260 g/mol. The maximum absolute atomic E-state index is 12.9. The fourth-order valence-electron chi connectivity index (χ4n) is 3.48. The number of nitrogens with one attached hydrogen (secondary N) is 2. The Morgan fingerprint density at radius 1 is 1.00 bits per heavy atom. The van der Waals surface area contributed by atoms with Crippen LogP contribution in [-0.4, -0.2) is 10.8 Å². The Bertz CT molecular complexity index is 878. The van der Waals surface area contributed by atoms with Crippen molar-refractivity contribution in [3.8, 4) is 0 Å². The predicted molar refractivity (Wildman–Crippen MR) is 84.8 cm³/mol. The van der Waals surface area contributed by atoms with Gasteiger partial charge < -0.3 is 10.3 Å². The Morgan fingerprint density at radius 3 is 2.52 bits per heavy atom. The molecule has 0 spiro atoms. The van der Waals surface area contributed by atoms with Crippen molar-refractivity contribution >= 4 is 22.4 Å². The Kier molecular flexibility index (Phi) is 2.31. The lowest BCUT2D eigenvalue weighted by Crippen LogP contribution is -2.35. The van der Waals surface area contributed by atoms with Gasteiger partial charge in [0.25, 0.3) is 0 Å². The number of anilines is 1. The van der Waals surface area contributed by atoms with Gasteiger partial charge in [0.2, 0.25) is 0 Å². The second-order valence-corrected chi connectivity index (χ2v) is 5.80. The molecule has 104 valence electrons. The van der Waals surface area contributed by atoms with Gasteiger partial charge in [0.05, 0.1) is 0 Å². The van der Waals surface area contributed by atoms with Crippen molar-refractivity contribution in [2.45, 2.75) is 19.4 Å². The summed E-state index contributed by atoms with van der Waals surface area (Å²) in [5, 5.41) is 4.53. The zero-order valence-electron chi connectivity index (χ0n) is 12.0. The van der Waals surface area contributed by atoms with Crippen molar-refractivity contribution in [2.24, 2.45) is 0 Å². The molecule has 0 saturated heterocycles. The summed E-state index contributed by atoms with van der Waals surface area (Å²) in [6.07, 6.45) is 0. The van der Waals surface area contributed by atoms with Gasteiger partial charge in [-0.15, -0.1) is 0 Å². The smallest absolute Gasteiger partial charge is 0.194 e. The number of hydrogen-bond donors (Lipinski definition) is 2. The Balaban J connectivity index is 1.98. The molecule has 1 atom stereocenters. The molecule has 0 fully saturated rings. The summed E-state index contributed by atoms with van der Waals surface area (Å²) < 4.78 is 0. The second-order valence-electron chi connectivity index (χ2n) is 5.80. The number of H-pyrrole nitrogens is 1. The molecule has 0 bridgehead atoms. The average Bonchev–Trinajstić information content (AvgIpc) is 2.95. The highest BCUT2D eigenvalue weighted by Crippen LogP contribution is 2.42. The van der Waals surface area contributed by atoms with Crippen molar-refractivity contribution in [1.29, 1.82) is 0 Å². The van der Waals surface area contributed by atoms with E-state index in [4.69, 9.17) is 0 Å². The normalized spacial score (nSPS) is 20.6. The van der Waals surface area contributed by atoms with Gasteiger partial charge in [-0.2, -0.15) is 0 Å². The van der Waals surface area contributed by atoms with Crippen LogP contribution in [-0.2, 0) is 5.54 Å². The van der Waals surface area contributed by atoms with Gasteiger partial charge in [0, 0.05) is 33.4 Å². The molecule has 1 aromatic heterocycles. The number of hydrogen-bond acceptors (Lipinski definition) is 2. The van der Waals surface area contributed by atoms with Crippen LogP contribution in [0.4, 0.5) is 5.69 Å². The van der Waals surface area contributed by atoms with Crippen LogP contribution < -0.4 is 5.32 Å². The van der Waals surface area contributed by atoms with Crippen molar-refractivity contribution < 1.29 is 4.79 Å². The Morgan fingerprint density at radius 2 is 1.71 bits per heavy atom. The van der Waals surface area contributed by atoms with E-state index in [0.717, 1.165) is 33.4 Å². The summed E-state index contributed by atoms with van der Waals surface area (Å²) in [4.78, 5) is 16.3. The maximum Gasteiger partial charge on any atom is 0.194 e. The molecule has 2 heterocycles. The number of aromatic amines is 1. The van der Waals surface area contributed by atoms with Gasteiger partial charge >= 0.3 is 0 Å². The van der Waals surface area contributed by atoms with Gasteiger partial charge in [-0.25, -0.2) is 0 Å². The molecule has 3 heteroatoms. The fourth-order valence-corrected chi connectivity index (χ4v) is 3.48. The quantitative estimate of drug-likeness (QED) is 0.705. The SMILES string of the molecule is Cc1[nH]c2ccccc2c1[C@]1(C)Nc2ccccc2C1=O. The number of Topliss-reactive ketones (excluding diaryl/α,β-unsaturated/α-hetero) is 1. The van der Waals surface area contributed by atoms with Crippen LogP contribution in [0, 0.1) is 6.92 Å². The Hall–Kier alpha value is -2.55. The molecule has 21 heavy (non-hydrogen) atoms. The minimum atomic E-state index is -0.715. The largest absolute Gasteiger partial charge is 0.368 e. The van der Waals surface area contributed by atoms with Crippen LogP contribution in [0.3, 0.4) is 0 Å². The van der Waals surface area contributed by atoms with Crippen LogP contribution in [0.5, 0.6) is 0 Å². The standard InChI is InChI=1S/C18H16N2O/c1-11-16(12-7-3-5-9-14(12)19-11)18(2)17(21)13-8-4-6-10-15(13)20-18/h3-10,19-20H,1-2H3/t18-/m0/s1. The first-order valence-corrected chi connectivity index (χ1v) is 7.11. The van der Waals surface area contributed by atoms with E-state index in [1.165, 1.54) is 0 Å². The number of benzene rings is 2. The molecule has 3 aromatic rings. The van der Waals surface area contributed by atoms with Crippen molar-refractivity contribution in [2.75, 3.05) is 5.32 Å². The van der Waals surface area contributed by atoms with E-state index in [0.29, 0.717) is 0 Å². The van der Waals surface area contributed by atoms with Gasteiger partial charge in [-0.3, -0.25) is 4.79 Å². The van der Waals surface area contributed by atoms with Gasteiger partial charge in [-0.05, 0) is 32.0 Å². The molecule has 0 amide bonds. The van der Waals surface area contributed by atoms with Crippen LogP contribution in [0.1, 0.15) is 28.5 Å². The molecule has 2 N–H and O–H groups in total. The predicted octanol–water partition coefficient (Wildman–Crippen LogP) is 4.00. The summed E-state index contributed by atoms with van der Waals surface area (Å²) in [6, 6.07) is 15.8. The minimum Gasteiger partial charge on any atom is -0.368 e. The first-order valence-electron chi connectivity index (χ1n) is 7.11. The molecular formula is C18H16N2O. The highest BCUT2D eigenvalue weighted by molar-refractivity contribution is 6.15. The highest BCUT2D eigenvalue weighted by Gasteiger charge is 2.44. The number of fused-ring (bicyclic) bond motifs is 2. The van der Waals surface area contributed by atoms with Crippen LogP contribution >= 0.6 is 0 Å². The van der Waals surface area contributed by atoms with Crippen LogP contribution in [0.25, 0.3) is 10.9 Å². The van der Waals surface area contributed by atoms with Gasteiger partial charge in [0.1, 0.15) is 5.54 Å².